The van der Waals surface area contributed by atoms with E-state index in [0.29, 0.717) is 24.1 Å². The molecule has 0 saturated carbocycles. The molecule has 1 heterocycles. The van der Waals surface area contributed by atoms with E-state index in [4.69, 9.17) is 0 Å². The molecule has 1 aromatic heterocycles. The molecule has 0 fully saturated rings. The lowest BCUT2D eigenvalue weighted by atomic mass is 10.1. The number of nitro groups is 1. The van der Waals surface area contributed by atoms with Gasteiger partial charge >= 0.3 is 0 Å². The summed E-state index contributed by atoms with van der Waals surface area (Å²) in [6.07, 6.45) is 0.556. The maximum Gasteiger partial charge on any atom is 0.273 e. The summed E-state index contributed by atoms with van der Waals surface area (Å²) in [4.78, 5) is 29.8. The smallest absolute Gasteiger partial charge is 0.273 e. The van der Waals surface area contributed by atoms with Crippen LogP contribution in [0.4, 0.5) is 5.69 Å². The van der Waals surface area contributed by atoms with Crippen LogP contribution in [-0.4, -0.2) is 27.8 Å². The Morgan fingerprint density at radius 2 is 2.18 bits per heavy atom. The highest BCUT2D eigenvalue weighted by atomic mass is 32.1. The number of nitrogens with zero attached hydrogens (tertiary/aromatic N) is 3. The summed E-state index contributed by atoms with van der Waals surface area (Å²) < 4.78 is 0. The van der Waals surface area contributed by atoms with Crippen LogP contribution in [-0.2, 0) is 13.0 Å². The van der Waals surface area contributed by atoms with Crippen LogP contribution in [0.5, 0.6) is 0 Å². The number of thiazole rings is 1. The van der Waals surface area contributed by atoms with E-state index in [2.05, 4.69) is 4.98 Å². The third kappa shape index (κ3) is 3.30. The Kier molecular flexibility index (Phi) is 4.87. The molecule has 0 atom stereocenters. The van der Waals surface area contributed by atoms with E-state index in [1.54, 1.807) is 29.6 Å². The highest BCUT2D eigenvalue weighted by Crippen LogP contribution is 2.22. The normalized spacial score (nSPS) is 10.5. The largest absolute Gasteiger partial charge is 0.336 e. The molecule has 2 aromatic rings. The number of benzene rings is 1. The van der Waals surface area contributed by atoms with Crippen LogP contribution in [0.1, 0.15) is 33.4 Å². The first kappa shape index (κ1) is 16.1. The summed E-state index contributed by atoms with van der Waals surface area (Å²) in [5, 5.41) is 11.1. The topological polar surface area (TPSA) is 76.3 Å². The highest BCUT2D eigenvalue weighted by molar-refractivity contribution is 7.09. The second-order valence-electron chi connectivity index (χ2n) is 4.98. The first-order chi connectivity index (χ1) is 10.4. The third-order valence-corrected chi connectivity index (χ3v) is 4.40. The predicted octanol–water partition coefficient (Wildman–Crippen LogP) is 3.19. The molecule has 0 aliphatic heterocycles. The van der Waals surface area contributed by atoms with Gasteiger partial charge in [-0.05, 0) is 19.4 Å². The molecule has 116 valence electrons. The minimum absolute atomic E-state index is 0.00396. The molecule has 0 unspecified atom stereocenters. The lowest BCUT2D eigenvalue weighted by Crippen LogP contribution is -2.26. The summed E-state index contributed by atoms with van der Waals surface area (Å²) in [5.74, 6) is -0.237. The Bertz CT molecular complexity index is 712. The molecule has 0 spiro atoms. The van der Waals surface area contributed by atoms with Gasteiger partial charge in [0.2, 0.25) is 0 Å². The molecule has 6 nitrogen and oxygen atoms in total. The Hall–Kier alpha value is -2.28. The number of nitro benzene ring substituents is 1. The van der Waals surface area contributed by atoms with Gasteiger partial charge < -0.3 is 4.90 Å². The van der Waals surface area contributed by atoms with Gasteiger partial charge in [-0.1, -0.05) is 13.0 Å². The number of hydrogen-bond acceptors (Lipinski definition) is 5. The first-order valence-electron chi connectivity index (χ1n) is 6.85. The summed E-state index contributed by atoms with van der Waals surface area (Å²) >= 11 is 1.49. The van der Waals surface area contributed by atoms with Gasteiger partial charge in [-0.15, -0.1) is 11.3 Å². The molecule has 0 aliphatic rings. The van der Waals surface area contributed by atoms with Crippen LogP contribution in [0.25, 0.3) is 0 Å². The van der Waals surface area contributed by atoms with E-state index in [1.807, 2.05) is 13.8 Å². The van der Waals surface area contributed by atoms with Gasteiger partial charge in [0, 0.05) is 29.1 Å². The average Bonchev–Trinajstić information content (AvgIpc) is 2.90. The van der Waals surface area contributed by atoms with Gasteiger partial charge in [-0.2, -0.15) is 0 Å². The third-order valence-electron chi connectivity index (χ3n) is 3.48. The van der Waals surface area contributed by atoms with Crippen LogP contribution in [0.3, 0.4) is 0 Å². The number of carbonyl (C=O) groups is 1. The molecule has 1 amide bonds. The second-order valence-corrected chi connectivity index (χ2v) is 5.92. The van der Waals surface area contributed by atoms with E-state index < -0.39 is 4.92 Å². The van der Waals surface area contributed by atoms with Crippen molar-refractivity contribution in [3.8, 4) is 0 Å². The van der Waals surface area contributed by atoms with Crippen molar-refractivity contribution < 1.29 is 9.72 Å². The van der Waals surface area contributed by atoms with Crippen molar-refractivity contribution in [1.82, 2.24) is 9.88 Å². The van der Waals surface area contributed by atoms with Gasteiger partial charge in [-0.25, -0.2) is 4.98 Å². The quantitative estimate of drug-likeness (QED) is 0.626. The minimum atomic E-state index is -0.442. The van der Waals surface area contributed by atoms with Gasteiger partial charge in [0.25, 0.3) is 11.6 Å². The summed E-state index contributed by atoms with van der Waals surface area (Å²) in [6, 6.07) is 4.65. The SMILES string of the molecule is CCc1ccc(C(=O)N(C)Cc2scnc2C)cc1[N+](=O)[O-]. The molecule has 0 saturated heterocycles. The lowest BCUT2D eigenvalue weighted by molar-refractivity contribution is -0.385. The fourth-order valence-corrected chi connectivity index (χ4v) is 2.98. The number of amides is 1. The number of aryl methyl sites for hydroxylation is 2. The van der Waals surface area contributed by atoms with Crippen molar-refractivity contribution in [3.05, 3.63) is 55.5 Å². The number of aromatic nitrogens is 1. The number of carbonyl (C=O) groups excluding carboxylic acids is 1. The van der Waals surface area contributed by atoms with Gasteiger partial charge in [0.1, 0.15) is 0 Å². The maximum atomic E-state index is 12.4. The zero-order valence-corrected chi connectivity index (χ0v) is 13.5. The first-order valence-corrected chi connectivity index (χ1v) is 7.73. The maximum absolute atomic E-state index is 12.4. The van der Waals surface area contributed by atoms with E-state index in [9.17, 15) is 14.9 Å². The summed E-state index contributed by atoms with van der Waals surface area (Å²) in [7, 11) is 1.68. The zero-order chi connectivity index (χ0) is 16.3. The average molecular weight is 319 g/mol. The molecule has 0 N–H and O–H groups in total. The number of hydrogen-bond donors (Lipinski definition) is 0. The molecule has 22 heavy (non-hydrogen) atoms. The molecule has 0 bridgehead atoms. The van der Waals surface area contributed by atoms with Crippen LogP contribution >= 0.6 is 11.3 Å². The van der Waals surface area contributed by atoms with E-state index in [1.165, 1.54) is 17.4 Å². The summed E-state index contributed by atoms with van der Waals surface area (Å²) in [5.41, 5.74) is 3.59. The van der Waals surface area contributed by atoms with E-state index in [0.717, 1.165) is 10.6 Å². The van der Waals surface area contributed by atoms with Gasteiger partial charge in [0.05, 0.1) is 22.7 Å². The zero-order valence-electron chi connectivity index (χ0n) is 12.7. The van der Waals surface area contributed by atoms with Crippen molar-refractivity contribution in [2.45, 2.75) is 26.8 Å². The fraction of sp³-hybridized carbons (Fsp3) is 0.333. The predicted molar refractivity (Wildman–Crippen MR) is 85.1 cm³/mol. The molecule has 0 aliphatic carbocycles. The van der Waals surface area contributed by atoms with Crippen molar-refractivity contribution in [1.29, 1.82) is 0 Å². The van der Waals surface area contributed by atoms with Crippen LogP contribution < -0.4 is 0 Å². The molecule has 1 aromatic carbocycles. The standard InChI is InChI=1S/C15H17N3O3S/c1-4-11-5-6-12(7-13(11)18(20)21)15(19)17(3)8-14-10(2)16-9-22-14/h5-7,9H,4,8H2,1-3H3. The fourth-order valence-electron chi connectivity index (χ4n) is 2.15. The summed E-state index contributed by atoms with van der Waals surface area (Å²) in [6.45, 7) is 4.19. The van der Waals surface area contributed by atoms with Crippen molar-refractivity contribution >= 4 is 22.9 Å². The van der Waals surface area contributed by atoms with Gasteiger partial charge in [-0.3, -0.25) is 14.9 Å². The highest BCUT2D eigenvalue weighted by Gasteiger charge is 2.19. The van der Waals surface area contributed by atoms with Crippen molar-refractivity contribution in [2.75, 3.05) is 7.05 Å². The molecule has 7 heteroatoms. The minimum Gasteiger partial charge on any atom is -0.336 e. The van der Waals surface area contributed by atoms with E-state index in [-0.39, 0.29) is 11.6 Å². The van der Waals surface area contributed by atoms with Crippen molar-refractivity contribution in [2.24, 2.45) is 0 Å². The molecular formula is C15H17N3O3S. The van der Waals surface area contributed by atoms with Gasteiger partial charge in [0.15, 0.2) is 0 Å². The van der Waals surface area contributed by atoms with Crippen LogP contribution in [0, 0.1) is 17.0 Å². The van der Waals surface area contributed by atoms with Crippen LogP contribution in [0.2, 0.25) is 0 Å². The monoisotopic (exact) mass is 319 g/mol. The second kappa shape index (κ2) is 6.65. The Morgan fingerprint density at radius 1 is 1.45 bits per heavy atom. The molecule has 2 rings (SSSR count). The molecule has 0 radical (unpaired) electrons. The lowest BCUT2D eigenvalue weighted by Gasteiger charge is -2.16. The molecular weight excluding hydrogens is 302 g/mol. The number of rotatable bonds is 5. The Balaban J connectivity index is 2.23. The van der Waals surface area contributed by atoms with Crippen molar-refractivity contribution in [3.63, 3.8) is 0 Å². The van der Waals surface area contributed by atoms with E-state index >= 15 is 0 Å². The van der Waals surface area contributed by atoms with Crippen LogP contribution in [0.15, 0.2) is 23.7 Å². The Morgan fingerprint density at radius 3 is 2.73 bits per heavy atom. The Labute approximate surface area is 132 Å².